The Balaban J connectivity index is 2.27. The normalized spacial score (nSPS) is 18.7. The van der Waals surface area contributed by atoms with Crippen molar-refractivity contribution in [3.05, 3.63) is 35.4 Å². The monoisotopic (exact) mass is 760 g/mol. The number of likely N-dealkylation sites (tertiary alicyclic amines) is 1. The lowest BCUT2D eigenvalue weighted by Crippen LogP contribution is -2.61. The Morgan fingerprint density at radius 2 is 1.54 bits per heavy atom. The van der Waals surface area contributed by atoms with Crippen LogP contribution < -0.4 is 10.6 Å². The highest BCUT2D eigenvalue weighted by atomic mass is 16.5. The van der Waals surface area contributed by atoms with Crippen molar-refractivity contribution in [3.63, 3.8) is 0 Å². The van der Waals surface area contributed by atoms with Gasteiger partial charge in [-0.1, -0.05) is 72.2 Å². The number of amides is 4. The molecule has 54 heavy (non-hydrogen) atoms. The highest BCUT2D eigenvalue weighted by molar-refractivity contribution is 5.92. The van der Waals surface area contributed by atoms with E-state index in [0.717, 1.165) is 24.0 Å². The zero-order valence-corrected chi connectivity index (χ0v) is 35.1. The molecule has 1 aromatic carbocycles. The molecular weight excluding hydrogens is 690 g/mol. The van der Waals surface area contributed by atoms with Gasteiger partial charge in [0.2, 0.25) is 23.6 Å². The lowest BCUT2D eigenvalue weighted by molar-refractivity contribution is -0.148. The van der Waals surface area contributed by atoms with Gasteiger partial charge in [0, 0.05) is 34.2 Å². The summed E-state index contributed by atoms with van der Waals surface area (Å²) in [4.78, 5) is 72.6. The third kappa shape index (κ3) is 11.7. The van der Waals surface area contributed by atoms with Gasteiger partial charge in [-0.25, -0.2) is 4.79 Å². The molecule has 0 radical (unpaired) electrons. The van der Waals surface area contributed by atoms with Crippen molar-refractivity contribution < 1.29 is 38.6 Å². The van der Waals surface area contributed by atoms with Gasteiger partial charge >= 0.3 is 5.97 Å². The van der Waals surface area contributed by atoms with Gasteiger partial charge in [-0.15, -0.1) is 0 Å². The Morgan fingerprint density at radius 3 is 2.02 bits per heavy atom. The number of carbonyl (C=O) groups is 5. The van der Waals surface area contributed by atoms with E-state index in [1.807, 2.05) is 73.0 Å². The Kier molecular flexibility index (Phi) is 18.1. The zero-order valence-electron chi connectivity index (χ0n) is 35.1. The van der Waals surface area contributed by atoms with Crippen molar-refractivity contribution in [2.75, 3.05) is 41.9 Å². The van der Waals surface area contributed by atoms with E-state index in [4.69, 9.17) is 9.47 Å². The lowest BCUT2D eigenvalue weighted by atomic mass is 9.89. The van der Waals surface area contributed by atoms with Crippen LogP contribution in [0.25, 0.3) is 0 Å². The van der Waals surface area contributed by atoms with Gasteiger partial charge in [0.1, 0.15) is 12.1 Å². The molecule has 1 fully saturated rings. The minimum Gasteiger partial charge on any atom is -0.480 e. The lowest BCUT2D eigenvalue weighted by Gasteiger charge is -2.41. The van der Waals surface area contributed by atoms with Gasteiger partial charge < -0.3 is 35.0 Å². The number of aryl methyl sites for hydroxylation is 1. The molecule has 13 nitrogen and oxygen atoms in total. The highest BCUT2D eigenvalue weighted by Crippen LogP contribution is 2.30. The maximum Gasteiger partial charge on any atom is 0.326 e. The molecule has 4 amide bonds. The third-order valence-corrected chi connectivity index (χ3v) is 11.6. The largest absolute Gasteiger partial charge is 0.480 e. The fraction of sp³-hybridized carbons (Fsp3) is 0.732. The molecule has 2 rings (SSSR count). The van der Waals surface area contributed by atoms with E-state index in [-0.39, 0.29) is 42.4 Å². The average Bonchev–Trinajstić information content (AvgIpc) is 3.62. The third-order valence-electron chi connectivity index (χ3n) is 11.6. The van der Waals surface area contributed by atoms with Crippen LogP contribution in [0, 0.1) is 17.8 Å². The van der Waals surface area contributed by atoms with Crippen LogP contribution in [0.5, 0.6) is 0 Å². The molecule has 1 aliphatic heterocycles. The summed E-state index contributed by atoms with van der Waals surface area (Å²) in [6.45, 7) is 15.6. The number of aliphatic carboxylic acids is 1. The molecule has 2 unspecified atom stereocenters. The molecule has 0 bridgehead atoms. The first-order valence-corrected chi connectivity index (χ1v) is 19.5. The summed E-state index contributed by atoms with van der Waals surface area (Å²) in [5.41, 5.74) is 1.10. The quantitative estimate of drug-likeness (QED) is 0.170. The number of carboxylic acids is 1. The van der Waals surface area contributed by atoms with E-state index in [1.165, 1.54) is 14.2 Å². The van der Waals surface area contributed by atoms with Gasteiger partial charge in [-0.3, -0.25) is 24.1 Å². The molecule has 3 N–H and O–H groups in total. The number of likely N-dealkylation sites (N-methyl/N-ethyl adjacent to an activating group) is 2. The summed E-state index contributed by atoms with van der Waals surface area (Å²) in [5, 5.41) is 15.7. The summed E-state index contributed by atoms with van der Waals surface area (Å²) >= 11 is 0. The standard InChI is InChI=1S/C41H69N5O8/c1-14-26(5)35(45(11)38(49)34(25(3)4)43-40(52)41(7,8)44(9)10)32(53-12)24-33(47)46-22-16-17-31(46)36(54-13)27(6)37(48)42-30(39(50)51)23-29-20-18-28(15-2)19-21-29/h18-21,25-27,30-32,34-36H,14-17,22-24H2,1-13H3,(H,42,48)(H,43,52)(H,50,51)/t26?,27-,30+,31+,32?,34+,35+,36-/m1/s1. The summed E-state index contributed by atoms with van der Waals surface area (Å²) in [6, 6.07) is 4.84. The number of nitrogens with zero attached hydrogens (tertiary/aromatic N) is 3. The van der Waals surface area contributed by atoms with Gasteiger partial charge in [-0.05, 0) is 70.2 Å². The van der Waals surface area contributed by atoms with Crippen LogP contribution in [0.2, 0.25) is 0 Å². The van der Waals surface area contributed by atoms with Crippen LogP contribution in [-0.4, -0.2) is 133 Å². The molecule has 0 aliphatic carbocycles. The number of benzene rings is 1. The number of methoxy groups -OCH3 is 2. The molecule has 306 valence electrons. The molecule has 0 aromatic heterocycles. The van der Waals surface area contributed by atoms with Crippen molar-refractivity contribution >= 4 is 29.6 Å². The molecule has 0 saturated carbocycles. The van der Waals surface area contributed by atoms with E-state index >= 15 is 0 Å². The first kappa shape index (κ1) is 46.6. The Bertz CT molecular complexity index is 1400. The van der Waals surface area contributed by atoms with Gasteiger partial charge in [0.15, 0.2) is 0 Å². The van der Waals surface area contributed by atoms with Crippen molar-refractivity contribution in [2.24, 2.45) is 17.8 Å². The predicted octanol–water partition coefficient (Wildman–Crippen LogP) is 3.76. The maximum atomic E-state index is 14.2. The van der Waals surface area contributed by atoms with Crippen molar-refractivity contribution in [3.8, 4) is 0 Å². The van der Waals surface area contributed by atoms with Crippen molar-refractivity contribution in [1.82, 2.24) is 25.3 Å². The molecule has 8 atom stereocenters. The number of nitrogens with one attached hydrogen (secondary N) is 2. The van der Waals surface area contributed by atoms with Crippen LogP contribution in [0.4, 0.5) is 0 Å². The maximum absolute atomic E-state index is 14.2. The Hall–Kier alpha value is -3.55. The molecule has 1 heterocycles. The highest BCUT2D eigenvalue weighted by Gasteiger charge is 2.43. The second-order valence-electron chi connectivity index (χ2n) is 16.0. The predicted molar refractivity (Wildman–Crippen MR) is 210 cm³/mol. The second-order valence-corrected chi connectivity index (χ2v) is 16.0. The summed E-state index contributed by atoms with van der Waals surface area (Å²) in [6.07, 6.45) is 1.68. The van der Waals surface area contributed by atoms with E-state index in [1.54, 1.807) is 42.5 Å². The minimum atomic E-state index is -1.13. The molecule has 0 spiro atoms. The average molecular weight is 760 g/mol. The van der Waals surface area contributed by atoms with Crippen molar-refractivity contribution in [1.29, 1.82) is 0 Å². The SMILES string of the molecule is CCc1ccc(C[C@H](NC(=O)[C@H](C)[C@@H](OC)[C@@H]2CCCN2C(=O)CC(OC)[C@H](C(C)CC)N(C)C(=O)[C@@H](NC(=O)C(C)(C)N(C)C)C(C)C)C(=O)O)cc1. The first-order valence-electron chi connectivity index (χ1n) is 19.5. The molecule has 1 aromatic rings. The fourth-order valence-corrected chi connectivity index (χ4v) is 7.21. The summed E-state index contributed by atoms with van der Waals surface area (Å²) in [5.74, 6) is -3.31. The van der Waals surface area contributed by atoms with Crippen LogP contribution in [0.1, 0.15) is 92.2 Å². The summed E-state index contributed by atoms with van der Waals surface area (Å²) in [7, 11) is 8.38. The Labute approximate surface area is 323 Å². The van der Waals surface area contributed by atoms with Gasteiger partial charge in [0.25, 0.3) is 0 Å². The number of ether oxygens (including phenoxy) is 2. The first-order chi connectivity index (χ1) is 25.3. The van der Waals surface area contributed by atoms with E-state index in [2.05, 4.69) is 10.6 Å². The fourth-order valence-electron chi connectivity index (χ4n) is 7.21. The number of rotatable bonds is 21. The second kappa shape index (κ2) is 20.9. The van der Waals surface area contributed by atoms with E-state index < -0.39 is 59.7 Å². The minimum absolute atomic E-state index is 0.0130. The number of carbonyl (C=O) groups excluding carboxylic acids is 4. The number of hydrogen-bond donors (Lipinski definition) is 3. The van der Waals surface area contributed by atoms with E-state index in [0.29, 0.717) is 19.4 Å². The van der Waals surface area contributed by atoms with Crippen molar-refractivity contribution in [2.45, 2.75) is 136 Å². The number of hydrogen-bond acceptors (Lipinski definition) is 8. The van der Waals surface area contributed by atoms with Crippen LogP contribution >= 0.6 is 0 Å². The van der Waals surface area contributed by atoms with E-state index in [9.17, 15) is 29.1 Å². The van der Waals surface area contributed by atoms with Crippen LogP contribution in [0.15, 0.2) is 24.3 Å². The molecule has 13 heteroatoms. The van der Waals surface area contributed by atoms with Gasteiger partial charge in [0.05, 0.1) is 42.2 Å². The topological polar surface area (TPSA) is 158 Å². The van der Waals surface area contributed by atoms with Crippen LogP contribution in [0.3, 0.4) is 0 Å². The molecular formula is C41H69N5O8. The number of carboxylic acid groups (broad SMARTS) is 1. The van der Waals surface area contributed by atoms with Gasteiger partial charge in [-0.2, -0.15) is 0 Å². The van der Waals surface area contributed by atoms with Crippen LogP contribution in [-0.2, 0) is 46.3 Å². The smallest absolute Gasteiger partial charge is 0.326 e. The zero-order chi connectivity index (χ0) is 41.1. The molecule has 1 saturated heterocycles. The summed E-state index contributed by atoms with van der Waals surface area (Å²) < 4.78 is 11.9. The molecule has 1 aliphatic rings. The Morgan fingerprint density at radius 1 is 0.944 bits per heavy atom.